The lowest BCUT2D eigenvalue weighted by molar-refractivity contribution is 0.161. The van der Waals surface area contributed by atoms with E-state index in [-0.39, 0.29) is 42.1 Å². The number of aromatic nitrogens is 3. The molecule has 5 heterocycles. The second-order valence-electron chi connectivity index (χ2n) is 9.04. The first-order valence-electron chi connectivity index (χ1n) is 11.6. The summed E-state index contributed by atoms with van der Waals surface area (Å²) in [4.78, 5) is 14.7. The summed E-state index contributed by atoms with van der Waals surface area (Å²) in [6.07, 6.45) is 2.01. The molecule has 0 aliphatic carbocycles. The van der Waals surface area contributed by atoms with Crippen LogP contribution < -0.4 is 20.3 Å². The number of piperidine rings is 1. The van der Waals surface area contributed by atoms with Crippen LogP contribution in [0.15, 0.2) is 35.1 Å². The molecular formula is C24H28Cl2FN5O3. The van der Waals surface area contributed by atoms with Gasteiger partial charge in [0, 0.05) is 49.3 Å². The van der Waals surface area contributed by atoms with Crippen molar-refractivity contribution in [3.05, 3.63) is 57.8 Å². The number of nitrogens with zero attached hydrogens (tertiary/aromatic N) is 4. The number of nitrogens with one attached hydrogen (secondary N) is 1. The number of hydrogen-bond acceptors (Lipinski definition) is 7. The summed E-state index contributed by atoms with van der Waals surface area (Å²) in [6.45, 7) is 4.84. The summed E-state index contributed by atoms with van der Waals surface area (Å²) in [5.74, 6) is 0.909. The van der Waals surface area contributed by atoms with E-state index in [1.807, 2.05) is 6.07 Å². The third-order valence-corrected chi connectivity index (χ3v) is 6.94. The predicted octanol–water partition coefficient (Wildman–Crippen LogP) is 2.90. The van der Waals surface area contributed by atoms with Crippen LogP contribution in [0.4, 0.5) is 4.39 Å². The Balaban J connectivity index is 0.00000144. The number of hydrogen-bond donors (Lipinski definition) is 1. The van der Waals surface area contributed by atoms with Crippen LogP contribution >= 0.6 is 24.8 Å². The number of likely N-dealkylation sites (tertiary alicyclic amines) is 1. The molecule has 3 aromatic rings. The van der Waals surface area contributed by atoms with Gasteiger partial charge in [0.25, 0.3) is 11.4 Å². The smallest absolute Gasteiger partial charge is 0.276 e. The molecule has 1 N–H and O–H groups in total. The average molecular weight is 524 g/mol. The van der Waals surface area contributed by atoms with Crippen molar-refractivity contribution < 1.29 is 13.9 Å². The Morgan fingerprint density at radius 3 is 2.66 bits per heavy atom. The van der Waals surface area contributed by atoms with E-state index in [0.717, 1.165) is 49.1 Å². The van der Waals surface area contributed by atoms with E-state index < -0.39 is 0 Å². The largest absolute Gasteiger partial charge is 0.484 e. The molecule has 1 unspecified atom stereocenters. The highest BCUT2D eigenvalue weighted by molar-refractivity contribution is 5.86. The Labute approximate surface area is 214 Å². The second-order valence-corrected chi connectivity index (χ2v) is 9.04. The average Bonchev–Trinajstić information content (AvgIpc) is 3.23. The SMILES string of the molecule is Cl.Cl.O=c1ccc2ccc(F)c3c2n1CC3CN1CCC(NCc2cc3c(nn2)OCCO3)CC1. The zero-order valence-corrected chi connectivity index (χ0v) is 20.7. The number of pyridine rings is 1. The highest BCUT2D eigenvalue weighted by Gasteiger charge is 2.31. The van der Waals surface area contributed by atoms with E-state index in [9.17, 15) is 9.18 Å². The van der Waals surface area contributed by atoms with Crippen LogP contribution in [-0.4, -0.2) is 58.6 Å². The lowest BCUT2D eigenvalue weighted by Crippen LogP contribution is -2.43. The molecule has 0 saturated carbocycles. The van der Waals surface area contributed by atoms with E-state index in [0.29, 0.717) is 49.5 Å². The van der Waals surface area contributed by atoms with Gasteiger partial charge < -0.3 is 24.3 Å². The van der Waals surface area contributed by atoms with Crippen molar-refractivity contribution in [3.63, 3.8) is 0 Å². The van der Waals surface area contributed by atoms with Crippen LogP contribution in [0.3, 0.4) is 0 Å². The molecule has 1 fully saturated rings. The van der Waals surface area contributed by atoms with E-state index in [4.69, 9.17) is 9.47 Å². The zero-order chi connectivity index (χ0) is 22.4. The summed E-state index contributed by atoms with van der Waals surface area (Å²) in [6, 6.07) is 8.94. The van der Waals surface area contributed by atoms with Crippen molar-refractivity contribution in [1.29, 1.82) is 0 Å². The van der Waals surface area contributed by atoms with Gasteiger partial charge in [0.05, 0.1) is 11.2 Å². The maximum absolute atomic E-state index is 14.7. The van der Waals surface area contributed by atoms with Crippen molar-refractivity contribution in [2.75, 3.05) is 32.8 Å². The fourth-order valence-electron chi connectivity index (χ4n) is 5.29. The van der Waals surface area contributed by atoms with Gasteiger partial charge in [-0.05, 0) is 49.5 Å². The number of benzene rings is 1. The molecule has 0 radical (unpaired) electrons. The van der Waals surface area contributed by atoms with Crippen molar-refractivity contribution in [2.24, 2.45) is 0 Å². The molecule has 188 valence electrons. The van der Waals surface area contributed by atoms with Crippen LogP contribution in [0.1, 0.15) is 30.0 Å². The molecule has 0 spiro atoms. The Morgan fingerprint density at radius 2 is 1.83 bits per heavy atom. The molecule has 1 atom stereocenters. The maximum Gasteiger partial charge on any atom is 0.276 e. The molecule has 8 nitrogen and oxygen atoms in total. The van der Waals surface area contributed by atoms with E-state index in [2.05, 4.69) is 20.4 Å². The Kier molecular flexibility index (Phi) is 7.80. The molecular weight excluding hydrogens is 496 g/mol. The maximum atomic E-state index is 14.7. The normalized spacial score (nSPS) is 19.3. The summed E-state index contributed by atoms with van der Waals surface area (Å²) < 4.78 is 27.5. The fourth-order valence-corrected chi connectivity index (χ4v) is 5.29. The van der Waals surface area contributed by atoms with Gasteiger partial charge in [0.15, 0.2) is 5.75 Å². The molecule has 0 amide bonds. The Morgan fingerprint density at radius 1 is 1.06 bits per heavy atom. The molecule has 2 aromatic heterocycles. The topological polar surface area (TPSA) is 81.5 Å². The van der Waals surface area contributed by atoms with Gasteiger partial charge in [-0.25, -0.2) is 4.39 Å². The molecule has 3 aliphatic rings. The quantitative estimate of drug-likeness (QED) is 0.550. The molecule has 0 bridgehead atoms. The van der Waals surface area contributed by atoms with Gasteiger partial charge in [0.1, 0.15) is 19.0 Å². The van der Waals surface area contributed by atoms with Gasteiger partial charge in [0.2, 0.25) is 0 Å². The minimum atomic E-state index is -0.207. The molecule has 11 heteroatoms. The van der Waals surface area contributed by atoms with Crippen LogP contribution in [0, 0.1) is 5.82 Å². The summed E-state index contributed by atoms with van der Waals surface area (Å²) in [5.41, 5.74) is 2.24. The second kappa shape index (κ2) is 10.7. The minimum Gasteiger partial charge on any atom is -0.484 e. The van der Waals surface area contributed by atoms with Crippen molar-refractivity contribution in [2.45, 2.75) is 37.9 Å². The lowest BCUT2D eigenvalue weighted by Gasteiger charge is -2.34. The van der Waals surface area contributed by atoms with Gasteiger partial charge in [-0.2, -0.15) is 5.10 Å². The summed E-state index contributed by atoms with van der Waals surface area (Å²) in [5, 5.41) is 12.8. The highest BCUT2D eigenvalue weighted by atomic mass is 35.5. The standard InChI is InChI=1S/C24H26FN5O3.2ClH/c25-19-3-1-15-2-4-21(31)30-14-16(22(19)23(15)30)13-29-7-5-17(6-8-29)26-12-18-11-20-24(28-27-18)33-10-9-32-20;;/h1-4,11,16-17,26H,5-10,12-14H2;2*1H. The summed E-state index contributed by atoms with van der Waals surface area (Å²) in [7, 11) is 0. The Bertz CT molecular complexity index is 1270. The van der Waals surface area contributed by atoms with Gasteiger partial charge in [-0.1, -0.05) is 0 Å². The van der Waals surface area contributed by atoms with Crippen LogP contribution in [0.2, 0.25) is 0 Å². The Hall–Kier alpha value is -2.46. The van der Waals surface area contributed by atoms with Crippen molar-refractivity contribution in [3.8, 4) is 11.6 Å². The third-order valence-electron chi connectivity index (χ3n) is 6.94. The molecule has 3 aliphatic heterocycles. The van der Waals surface area contributed by atoms with Gasteiger partial charge >= 0.3 is 0 Å². The van der Waals surface area contributed by atoms with Crippen LogP contribution in [-0.2, 0) is 13.1 Å². The first kappa shape index (κ1) is 25.6. The highest BCUT2D eigenvalue weighted by Crippen LogP contribution is 2.35. The molecule has 35 heavy (non-hydrogen) atoms. The van der Waals surface area contributed by atoms with E-state index in [1.54, 1.807) is 22.8 Å². The van der Waals surface area contributed by atoms with Gasteiger partial charge in [-0.15, -0.1) is 29.9 Å². The monoisotopic (exact) mass is 523 g/mol. The molecule has 6 rings (SSSR count). The lowest BCUT2D eigenvalue weighted by atomic mass is 9.97. The van der Waals surface area contributed by atoms with Crippen molar-refractivity contribution >= 4 is 35.7 Å². The van der Waals surface area contributed by atoms with Crippen LogP contribution in [0.25, 0.3) is 10.9 Å². The zero-order valence-electron chi connectivity index (χ0n) is 19.1. The number of ether oxygens (including phenoxy) is 2. The van der Waals surface area contributed by atoms with E-state index in [1.165, 1.54) is 6.07 Å². The summed E-state index contributed by atoms with van der Waals surface area (Å²) >= 11 is 0. The number of halogens is 3. The molecule has 1 aromatic carbocycles. The molecule has 1 saturated heterocycles. The van der Waals surface area contributed by atoms with Crippen molar-refractivity contribution in [1.82, 2.24) is 25.0 Å². The predicted molar refractivity (Wildman–Crippen MR) is 135 cm³/mol. The number of fused-ring (bicyclic) bond motifs is 1. The van der Waals surface area contributed by atoms with Crippen LogP contribution in [0.5, 0.6) is 11.6 Å². The first-order chi connectivity index (χ1) is 16.2. The minimum absolute atomic E-state index is 0. The van der Waals surface area contributed by atoms with Gasteiger partial charge in [-0.3, -0.25) is 4.79 Å². The third kappa shape index (κ3) is 4.95. The number of rotatable bonds is 5. The fraction of sp³-hybridized carbons (Fsp3) is 0.458. The first-order valence-corrected chi connectivity index (χ1v) is 11.6. The van der Waals surface area contributed by atoms with E-state index >= 15 is 0 Å².